The Labute approximate surface area is 114 Å². The van der Waals surface area contributed by atoms with Crippen LogP contribution in [0.3, 0.4) is 0 Å². The maximum Gasteiger partial charge on any atom is 0.0175 e. The van der Waals surface area contributed by atoms with Gasteiger partial charge in [-0.15, -0.1) is 0 Å². The van der Waals surface area contributed by atoms with E-state index in [0.29, 0.717) is 0 Å². The van der Waals surface area contributed by atoms with Gasteiger partial charge in [0.2, 0.25) is 0 Å². The lowest BCUT2D eigenvalue weighted by Crippen LogP contribution is -1.73. The lowest BCUT2D eigenvalue weighted by Gasteiger charge is -1.93. The van der Waals surface area contributed by atoms with Crippen molar-refractivity contribution in [3.8, 4) is 0 Å². The first-order valence-electron chi connectivity index (χ1n) is 6.41. The van der Waals surface area contributed by atoms with Crippen molar-refractivity contribution in [3.05, 3.63) is 52.5 Å². The van der Waals surface area contributed by atoms with Crippen LogP contribution in [0.2, 0.25) is 0 Å². The van der Waals surface area contributed by atoms with Crippen LogP contribution in [-0.2, 0) is 0 Å². The summed E-state index contributed by atoms with van der Waals surface area (Å²) in [5.74, 6) is 0. The molecule has 1 rings (SSSR count). The molecule has 1 heteroatoms. The van der Waals surface area contributed by atoms with E-state index in [0.717, 1.165) is 4.47 Å². The molecule has 0 saturated carbocycles. The van der Waals surface area contributed by atoms with Crippen molar-refractivity contribution < 1.29 is 0 Å². The highest BCUT2D eigenvalue weighted by atomic mass is 79.9. The van der Waals surface area contributed by atoms with Crippen LogP contribution < -0.4 is 0 Å². The SMILES string of the molecule is CCCCCC/C=C/C=C/c1ccc(Br)cc1. The van der Waals surface area contributed by atoms with Crippen molar-refractivity contribution in [1.29, 1.82) is 0 Å². The highest BCUT2D eigenvalue weighted by Gasteiger charge is 1.86. The summed E-state index contributed by atoms with van der Waals surface area (Å²) >= 11 is 3.43. The molecule has 0 aliphatic heterocycles. The van der Waals surface area contributed by atoms with Crippen LogP contribution in [0.4, 0.5) is 0 Å². The van der Waals surface area contributed by atoms with Gasteiger partial charge in [0, 0.05) is 4.47 Å². The van der Waals surface area contributed by atoms with Crippen LogP contribution in [0, 0.1) is 0 Å². The molecule has 0 atom stereocenters. The minimum absolute atomic E-state index is 1.13. The van der Waals surface area contributed by atoms with Crippen molar-refractivity contribution in [2.24, 2.45) is 0 Å². The molecule has 0 aliphatic rings. The zero-order valence-corrected chi connectivity index (χ0v) is 12.1. The summed E-state index contributed by atoms with van der Waals surface area (Å²) < 4.78 is 1.13. The number of unbranched alkanes of at least 4 members (excludes halogenated alkanes) is 4. The monoisotopic (exact) mass is 292 g/mol. The van der Waals surface area contributed by atoms with Gasteiger partial charge in [0.05, 0.1) is 0 Å². The van der Waals surface area contributed by atoms with Crippen molar-refractivity contribution >= 4 is 22.0 Å². The van der Waals surface area contributed by atoms with Crippen LogP contribution in [0.1, 0.15) is 44.6 Å². The molecule has 1 aromatic rings. The van der Waals surface area contributed by atoms with Crippen LogP contribution in [0.5, 0.6) is 0 Å². The summed E-state index contributed by atoms with van der Waals surface area (Å²) in [6, 6.07) is 8.34. The number of benzene rings is 1. The van der Waals surface area contributed by atoms with Gasteiger partial charge in [-0.3, -0.25) is 0 Å². The van der Waals surface area contributed by atoms with Crippen LogP contribution in [-0.4, -0.2) is 0 Å². The molecule has 0 fully saturated rings. The lowest BCUT2D eigenvalue weighted by molar-refractivity contribution is 0.674. The van der Waals surface area contributed by atoms with E-state index < -0.39 is 0 Å². The maximum absolute atomic E-state index is 3.43. The topological polar surface area (TPSA) is 0 Å². The Kier molecular flexibility index (Phi) is 7.74. The van der Waals surface area contributed by atoms with Crippen molar-refractivity contribution in [2.45, 2.75) is 39.0 Å². The quantitative estimate of drug-likeness (QED) is 0.428. The number of hydrogen-bond acceptors (Lipinski definition) is 0. The Balaban J connectivity index is 2.21. The smallest absolute Gasteiger partial charge is 0.0175 e. The predicted molar refractivity (Wildman–Crippen MR) is 81.1 cm³/mol. The van der Waals surface area contributed by atoms with Gasteiger partial charge in [-0.1, -0.05) is 78.6 Å². The molecule has 0 amide bonds. The lowest BCUT2D eigenvalue weighted by atomic mass is 10.1. The fourth-order valence-corrected chi connectivity index (χ4v) is 1.87. The molecule has 1 aromatic carbocycles. The first kappa shape index (κ1) is 14.2. The van der Waals surface area contributed by atoms with Crippen LogP contribution in [0.15, 0.2) is 47.0 Å². The maximum atomic E-state index is 3.43. The summed E-state index contributed by atoms with van der Waals surface area (Å²) in [6.45, 7) is 2.25. The normalized spacial score (nSPS) is 11.6. The second-order valence-corrected chi connectivity index (χ2v) is 5.10. The molecule has 0 unspecified atom stereocenters. The van der Waals surface area contributed by atoms with E-state index in [1.807, 2.05) is 0 Å². The number of halogens is 1. The fraction of sp³-hybridized carbons (Fsp3) is 0.375. The third kappa shape index (κ3) is 7.17. The van der Waals surface area contributed by atoms with Crippen molar-refractivity contribution in [3.63, 3.8) is 0 Å². The van der Waals surface area contributed by atoms with E-state index >= 15 is 0 Å². The van der Waals surface area contributed by atoms with E-state index in [2.05, 4.69) is 71.4 Å². The number of hydrogen-bond donors (Lipinski definition) is 0. The fourth-order valence-electron chi connectivity index (χ4n) is 1.60. The van der Waals surface area contributed by atoms with Crippen LogP contribution in [0.25, 0.3) is 6.08 Å². The summed E-state index contributed by atoms with van der Waals surface area (Å²) in [4.78, 5) is 0. The van der Waals surface area contributed by atoms with Gasteiger partial charge < -0.3 is 0 Å². The van der Waals surface area contributed by atoms with Crippen molar-refractivity contribution in [2.75, 3.05) is 0 Å². The highest BCUT2D eigenvalue weighted by molar-refractivity contribution is 9.10. The van der Waals surface area contributed by atoms with Gasteiger partial charge in [0.15, 0.2) is 0 Å². The minimum Gasteiger partial charge on any atom is -0.0845 e. The first-order chi connectivity index (χ1) is 8.33. The Morgan fingerprint density at radius 2 is 1.76 bits per heavy atom. The summed E-state index contributed by atoms with van der Waals surface area (Å²) in [5, 5.41) is 0. The van der Waals surface area contributed by atoms with Gasteiger partial charge in [-0.25, -0.2) is 0 Å². The Hall–Kier alpha value is -0.820. The Morgan fingerprint density at radius 3 is 2.47 bits per heavy atom. The summed E-state index contributed by atoms with van der Waals surface area (Å²) in [5.41, 5.74) is 1.24. The minimum atomic E-state index is 1.13. The Bertz CT molecular complexity index is 346. The van der Waals surface area contributed by atoms with E-state index in [-0.39, 0.29) is 0 Å². The van der Waals surface area contributed by atoms with E-state index in [9.17, 15) is 0 Å². The largest absolute Gasteiger partial charge is 0.0845 e. The van der Waals surface area contributed by atoms with E-state index in [1.165, 1.54) is 37.7 Å². The van der Waals surface area contributed by atoms with Crippen LogP contribution >= 0.6 is 15.9 Å². The average molecular weight is 293 g/mol. The first-order valence-corrected chi connectivity index (χ1v) is 7.21. The van der Waals surface area contributed by atoms with Crippen molar-refractivity contribution in [1.82, 2.24) is 0 Å². The molecule has 0 bridgehead atoms. The average Bonchev–Trinajstić information content (AvgIpc) is 2.35. The van der Waals surface area contributed by atoms with E-state index in [4.69, 9.17) is 0 Å². The molecule has 0 spiro atoms. The molecule has 0 aliphatic carbocycles. The molecule has 0 saturated heterocycles. The number of rotatable bonds is 7. The molecule has 0 heterocycles. The zero-order valence-electron chi connectivity index (χ0n) is 10.5. The third-order valence-electron chi connectivity index (χ3n) is 2.63. The van der Waals surface area contributed by atoms with E-state index in [1.54, 1.807) is 0 Å². The zero-order chi connectivity index (χ0) is 12.3. The van der Waals surface area contributed by atoms with Gasteiger partial charge in [0.25, 0.3) is 0 Å². The standard InChI is InChI=1S/C16H21Br/c1-2-3-4-5-6-7-8-9-10-15-11-13-16(17)14-12-15/h7-14H,2-6H2,1H3/b8-7+,10-9+. The second-order valence-electron chi connectivity index (χ2n) is 4.19. The molecule has 0 aromatic heterocycles. The summed E-state index contributed by atoms with van der Waals surface area (Å²) in [7, 11) is 0. The molecule has 0 radical (unpaired) electrons. The summed E-state index contributed by atoms with van der Waals surface area (Å²) in [6.07, 6.45) is 15.2. The van der Waals surface area contributed by atoms with Gasteiger partial charge in [0.1, 0.15) is 0 Å². The predicted octanol–water partition coefficient (Wildman–Crippen LogP) is 5.99. The highest BCUT2D eigenvalue weighted by Crippen LogP contribution is 2.11. The Morgan fingerprint density at radius 1 is 1.00 bits per heavy atom. The molecular formula is C16H21Br. The third-order valence-corrected chi connectivity index (χ3v) is 3.16. The second kappa shape index (κ2) is 9.23. The molecule has 92 valence electrons. The van der Waals surface area contributed by atoms with Gasteiger partial charge in [-0.2, -0.15) is 0 Å². The van der Waals surface area contributed by atoms with Gasteiger partial charge in [-0.05, 0) is 30.5 Å². The molecular weight excluding hydrogens is 272 g/mol. The number of allylic oxidation sites excluding steroid dienone is 3. The molecule has 17 heavy (non-hydrogen) atoms. The molecule has 0 nitrogen and oxygen atoms in total. The molecule has 0 N–H and O–H groups in total. The van der Waals surface area contributed by atoms with Gasteiger partial charge >= 0.3 is 0 Å².